The molecule has 2 aromatic rings. The molecule has 2 rings (SSSR count). The maximum absolute atomic E-state index is 5.03. The topological polar surface area (TPSA) is 39.1 Å². The van der Waals surface area contributed by atoms with E-state index in [0.717, 1.165) is 44.8 Å². The molecular formula is C17H25N3O. The van der Waals surface area contributed by atoms with Gasteiger partial charge in [0, 0.05) is 38.5 Å². The van der Waals surface area contributed by atoms with Crippen LogP contribution in [0.1, 0.15) is 23.2 Å². The molecule has 0 aliphatic rings. The van der Waals surface area contributed by atoms with Gasteiger partial charge in [-0.3, -0.25) is 4.68 Å². The van der Waals surface area contributed by atoms with Crippen molar-refractivity contribution in [2.75, 3.05) is 20.3 Å². The maximum Gasteiger partial charge on any atom is 0.0638 e. The highest BCUT2D eigenvalue weighted by molar-refractivity contribution is 5.16. The van der Waals surface area contributed by atoms with E-state index >= 15 is 0 Å². The smallest absolute Gasteiger partial charge is 0.0638 e. The Hall–Kier alpha value is -1.65. The van der Waals surface area contributed by atoms with Gasteiger partial charge in [0.15, 0.2) is 0 Å². The van der Waals surface area contributed by atoms with Gasteiger partial charge in [0.25, 0.3) is 0 Å². The van der Waals surface area contributed by atoms with Crippen LogP contribution in [0.2, 0.25) is 0 Å². The lowest BCUT2D eigenvalue weighted by Gasteiger charge is -2.03. The Balaban J connectivity index is 1.76. The van der Waals surface area contributed by atoms with Crippen LogP contribution < -0.4 is 5.32 Å². The zero-order valence-electron chi connectivity index (χ0n) is 13.0. The third-order valence-corrected chi connectivity index (χ3v) is 3.54. The van der Waals surface area contributed by atoms with Gasteiger partial charge in [0.05, 0.1) is 12.3 Å². The highest BCUT2D eigenvalue weighted by atomic mass is 16.5. The van der Waals surface area contributed by atoms with E-state index in [0.29, 0.717) is 0 Å². The van der Waals surface area contributed by atoms with Crippen LogP contribution in [-0.4, -0.2) is 30.0 Å². The number of nitrogens with one attached hydrogen (secondary N) is 1. The number of hydrogen-bond donors (Lipinski definition) is 1. The Labute approximate surface area is 127 Å². The summed E-state index contributed by atoms with van der Waals surface area (Å²) in [5.74, 6) is 0. The number of hydrogen-bond acceptors (Lipinski definition) is 3. The lowest BCUT2D eigenvalue weighted by Crippen LogP contribution is -2.18. The molecule has 0 saturated heterocycles. The summed E-state index contributed by atoms with van der Waals surface area (Å²) in [7, 11) is 1.72. The van der Waals surface area contributed by atoms with Gasteiger partial charge in [0.1, 0.15) is 0 Å². The van der Waals surface area contributed by atoms with Crippen LogP contribution in [-0.2, 0) is 24.2 Å². The molecular weight excluding hydrogens is 262 g/mol. The standard InChI is InChI=1S/C17H25N3O/c1-15-17(13-18-10-12-21-2)14-20(19-15)11-6-9-16-7-4-3-5-8-16/h3-5,7-8,14,18H,6,9-13H2,1-2H3. The zero-order valence-corrected chi connectivity index (χ0v) is 13.0. The van der Waals surface area contributed by atoms with Gasteiger partial charge in [-0.05, 0) is 25.3 Å². The van der Waals surface area contributed by atoms with Crippen LogP contribution >= 0.6 is 0 Å². The second-order valence-electron chi connectivity index (χ2n) is 5.26. The third kappa shape index (κ3) is 5.33. The molecule has 0 unspecified atom stereocenters. The van der Waals surface area contributed by atoms with Crippen LogP contribution in [0.25, 0.3) is 0 Å². The fourth-order valence-electron chi connectivity index (χ4n) is 2.33. The second-order valence-corrected chi connectivity index (χ2v) is 5.26. The van der Waals surface area contributed by atoms with Crippen molar-refractivity contribution in [3.63, 3.8) is 0 Å². The minimum Gasteiger partial charge on any atom is -0.383 e. The van der Waals surface area contributed by atoms with Gasteiger partial charge in [0.2, 0.25) is 0 Å². The lowest BCUT2D eigenvalue weighted by molar-refractivity contribution is 0.199. The Morgan fingerprint density at radius 3 is 2.81 bits per heavy atom. The number of ether oxygens (including phenoxy) is 1. The van der Waals surface area contributed by atoms with Crippen molar-refractivity contribution in [3.8, 4) is 0 Å². The summed E-state index contributed by atoms with van der Waals surface area (Å²) in [5.41, 5.74) is 3.77. The molecule has 0 aliphatic carbocycles. The van der Waals surface area contributed by atoms with E-state index in [-0.39, 0.29) is 0 Å². The first-order valence-corrected chi connectivity index (χ1v) is 7.56. The van der Waals surface area contributed by atoms with E-state index in [1.54, 1.807) is 7.11 Å². The van der Waals surface area contributed by atoms with Crippen molar-refractivity contribution in [2.24, 2.45) is 0 Å². The van der Waals surface area contributed by atoms with Gasteiger partial charge in [-0.2, -0.15) is 5.10 Å². The Kier molecular flexibility index (Phi) is 6.44. The number of rotatable bonds is 9. The monoisotopic (exact) mass is 287 g/mol. The largest absolute Gasteiger partial charge is 0.383 e. The molecule has 4 nitrogen and oxygen atoms in total. The molecule has 0 bridgehead atoms. The molecule has 1 heterocycles. The highest BCUT2D eigenvalue weighted by Crippen LogP contribution is 2.08. The average Bonchev–Trinajstić information content (AvgIpc) is 2.85. The van der Waals surface area contributed by atoms with Crippen LogP contribution in [0.4, 0.5) is 0 Å². The molecule has 114 valence electrons. The number of benzene rings is 1. The molecule has 0 spiro atoms. The molecule has 0 fully saturated rings. The van der Waals surface area contributed by atoms with Crippen LogP contribution in [0, 0.1) is 6.92 Å². The van der Waals surface area contributed by atoms with Crippen LogP contribution in [0.3, 0.4) is 0 Å². The summed E-state index contributed by atoms with van der Waals surface area (Å²) in [5, 5.41) is 7.95. The van der Waals surface area contributed by atoms with E-state index in [2.05, 4.69) is 58.5 Å². The Morgan fingerprint density at radius 2 is 2.05 bits per heavy atom. The van der Waals surface area contributed by atoms with Gasteiger partial charge in [-0.15, -0.1) is 0 Å². The molecule has 0 aliphatic heterocycles. The first-order valence-electron chi connectivity index (χ1n) is 7.56. The van der Waals surface area contributed by atoms with Crippen molar-refractivity contribution >= 4 is 0 Å². The van der Waals surface area contributed by atoms with E-state index < -0.39 is 0 Å². The van der Waals surface area contributed by atoms with Crippen molar-refractivity contribution in [1.82, 2.24) is 15.1 Å². The molecule has 4 heteroatoms. The summed E-state index contributed by atoms with van der Waals surface area (Å²) in [4.78, 5) is 0. The van der Waals surface area contributed by atoms with Crippen LogP contribution in [0.15, 0.2) is 36.5 Å². The summed E-state index contributed by atoms with van der Waals surface area (Å²) < 4.78 is 7.09. The third-order valence-electron chi connectivity index (χ3n) is 3.54. The Bertz CT molecular complexity index is 522. The maximum atomic E-state index is 5.03. The molecule has 0 amide bonds. The minimum absolute atomic E-state index is 0.740. The highest BCUT2D eigenvalue weighted by Gasteiger charge is 2.04. The van der Waals surface area contributed by atoms with Crippen molar-refractivity contribution < 1.29 is 4.74 Å². The molecule has 0 saturated carbocycles. The molecule has 0 radical (unpaired) electrons. The lowest BCUT2D eigenvalue weighted by atomic mass is 10.1. The van der Waals surface area contributed by atoms with Gasteiger partial charge >= 0.3 is 0 Å². The van der Waals surface area contributed by atoms with Crippen molar-refractivity contribution in [1.29, 1.82) is 0 Å². The summed E-state index contributed by atoms with van der Waals surface area (Å²) in [6.07, 6.45) is 4.36. The number of aromatic nitrogens is 2. The predicted octanol–water partition coefficient (Wildman–Crippen LogP) is 2.56. The normalized spacial score (nSPS) is 11.0. The SMILES string of the molecule is COCCNCc1cn(CCCc2ccccc2)nc1C. The number of nitrogens with zero attached hydrogens (tertiary/aromatic N) is 2. The summed E-state index contributed by atoms with van der Waals surface area (Å²) in [6.45, 7) is 5.50. The fourth-order valence-corrected chi connectivity index (χ4v) is 2.33. The quantitative estimate of drug-likeness (QED) is 0.720. The van der Waals surface area contributed by atoms with Gasteiger partial charge in [-0.25, -0.2) is 0 Å². The first kappa shape index (κ1) is 15.7. The zero-order chi connectivity index (χ0) is 14.9. The van der Waals surface area contributed by atoms with Gasteiger partial charge < -0.3 is 10.1 Å². The summed E-state index contributed by atoms with van der Waals surface area (Å²) in [6, 6.07) is 10.6. The number of aryl methyl sites for hydroxylation is 3. The average molecular weight is 287 g/mol. The summed E-state index contributed by atoms with van der Waals surface area (Å²) >= 11 is 0. The van der Waals surface area contributed by atoms with Crippen molar-refractivity contribution in [3.05, 3.63) is 53.3 Å². The number of methoxy groups -OCH3 is 1. The molecule has 21 heavy (non-hydrogen) atoms. The van der Waals surface area contributed by atoms with E-state index in [1.165, 1.54) is 11.1 Å². The molecule has 1 N–H and O–H groups in total. The van der Waals surface area contributed by atoms with E-state index in [1.807, 2.05) is 0 Å². The van der Waals surface area contributed by atoms with Crippen LogP contribution in [0.5, 0.6) is 0 Å². The predicted molar refractivity (Wildman–Crippen MR) is 85.3 cm³/mol. The first-order chi connectivity index (χ1) is 10.3. The molecule has 1 aromatic carbocycles. The fraction of sp³-hybridized carbons (Fsp3) is 0.471. The second kappa shape index (κ2) is 8.60. The van der Waals surface area contributed by atoms with Gasteiger partial charge in [-0.1, -0.05) is 30.3 Å². The minimum atomic E-state index is 0.740. The molecule has 1 aromatic heterocycles. The van der Waals surface area contributed by atoms with E-state index in [4.69, 9.17) is 4.74 Å². The van der Waals surface area contributed by atoms with E-state index in [9.17, 15) is 0 Å². The molecule has 0 atom stereocenters. The Morgan fingerprint density at radius 1 is 1.24 bits per heavy atom. The van der Waals surface area contributed by atoms with Crippen molar-refractivity contribution in [2.45, 2.75) is 32.9 Å².